The summed E-state index contributed by atoms with van der Waals surface area (Å²) < 4.78 is 5.02. The molecule has 2 rings (SSSR count). The van der Waals surface area contributed by atoms with Gasteiger partial charge in [-0.1, -0.05) is 12.8 Å². The highest BCUT2D eigenvalue weighted by molar-refractivity contribution is 5.08. The van der Waals surface area contributed by atoms with E-state index in [9.17, 15) is 0 Å². The van der Waals surface area contributed by atoms with Crippen LogP contribution in [0.1, 0.15) is 45.1 Å². The minimum Gasteiger partial charge on any atom is -0.467 e. The zero-order valence-corrected chi connectivity index (χ0v) is 14.6. The SMILES string of the molecule is COc1ncc(CN(C)C2CCCCC2N(C)C(C)C)cn1. The average molecular weight is 306 g/mol. The quantitative estimate of drug-likeness (QED) is 0.808. The minimum atomic E-state index is 0.432. The summed E-state index contributed by atoms with van der Waals surface area (Å²) in [6.45, 7) is 5.45. The average Bonchev–Trinajstić information content (AvgIpc) is 2.54. The number of ether oxygens (including phenoxy) is 1. The second kappa shape index (κ2) is 7.88. The summed E-state index contributed by atoms with van der Waals surface area (Å²) in [5, 5.41) is 0. The van der Waals surface area contributed by atoms with Gasteiger partial charge in [-0.3, -0.25) is 9.80 Å². The maximum atomic E-state index is 5.02. The van der Waals surface area contributed by atoms with Crippen molar-refractivity contribution in [2.75, 3.05) is 21.2 Å². The molecule has 0 aliphatic heterocycles. The molecule has 124 valence electrons. The topological polar surface area (TPSA) is 41.5 Å². The van der Waals surface area contributed by atoms with Gasteiger partial charge in [0, 0.05) is 42.6 Å². The fourth-order valence-electron chi connectivity index (χ4n) is 3.40. The monoisotopic (exact) mass is 306 g/mol. The van der Waals surface area contributed by atoms with Crippen LogP contribution >= 0.6 is 0 Å². The molecule has 5 heteroatoms. The van der Waals surface area contributed by atoms with E-state index in [-0.39, 0.29) is 0 Å². The highest BCUT2D eigenvalue weighted by Gasteiger charge is 2.32. The third kappa shape index (κ3) is 4.17. The molecule has 0 bridgehead atoms. The molecule has 1 saturated carbocycles. The van der Waals surface area contributed by atoms with Crippen LogP contribution in [0.25, 0.3) is 0 Å². The summed E-state index contributed by atoms with van der Waals surface area (Å²) in [6, 6.07) is 2.26. The first-order valence-electron chi connectivity index (χ1n) is 8.30. The molecule has 0 spiro atoms. The smallest absolute Gasteiger partial charge is 0.316 e. The first kappa shape index (κ1) is 17.2. The molecule has 1 aromatic heterocycles. The maximum absolute atomic E-state index is 5.02. The highest BCUT2D eigenvalue weighted by atomic mass is 16.5. The van der Waals surface area contributed by atoms with Crippen molar-refractivity contribution in [1.29, 1.82) is 0 Å². The fraction of sp³-hybridized carbons (Fsp3) is 0.765. The number of aromatic nitrogens is 2. The van der Waals surface area contributed by atoms with Crippen LogP contribution in [-0.2, 0) is 6.54 Å². The van der Waals surface area contributed by atoms with E-state index < -0.39 is 0 Å². The van der Waals surface area contributed by atoms with Crippen molar-refractivity contribution in [3.05, 3.63) is 18.0 Å². The Labute approximate surface area is 134 Å². The van der Waals surface area contributed by atoms with E-state index in [0.29, 0.717) is 24.1 Å². The van der Waals surface area contributed by atoms with Crippen molar-refractivity contribution in [3.8, 4) is 6.01 Å². The Morgan fingerprint density at radius 2 is 1.73 bits per heavy atom. The zero-order valence-electron chi connectivity index (χ0n) is 14.6. The van der Waals surface area contributed by atoms with Gasteiger partial charge in [-0.2, -0.15) is 0 Å². The van der Waals surface area contributed by atoms with Crippen LogP contribution in [0.2, 0.25) is 0 Å². The summed E-state index contributed by atoms with van der Waals surface area (Å²) in [7, 11) is 6.08. The van der Waals surface area contributed by atoms with Crippen molar-refractivity contribution in [2.45, 2.75) is 64.2 Å². The number of likely N-dealkylation sites (N-methyl/N-ethyl adjacent to an activating group) is 2. The summed E-state index contributed by atoms with van der Waals surface area (Å²) >= 11 is 0. The lowest BCUT2D eigenvalue weighted by Gasteiger charge is -2.44. The number of nitrogens with zero attached hydrogens (tertiary/aromatic N) is 4. The second-order valence-electron chi connectivity index (χ2n) is 6.67. The largest absolute Gasteiger partial charge is 0.467 e. The maximum Gasteiger partial charge on any atom is 0.316 e. The number of hydrogen-bond acceptors (Lipinski definition) is 5. The van der Waals surface area contributed by atoms with Gasteiger partial charge < -0.3 is 4.74 Å². The van der Waals surface area contributed by atoms with E-state index in [0.717, 1.165) is 12.1 Å². The van der Waals surface area contributed by atoms with Gasteiger partial charge in [0.15, 0.2) is 0 Å². The van der Waals surface area contributed by atoms with Crippen molar-refractivity contribution in [3.63, 3.8) is 0 Å². The molecule has 0 amide bonds. The van der Waals surface area contributed by atoms with Crippen molar-refractivity contribution in [1.82, 2.24) is 19.8 Å². The van der Waals surface area contributed by atoms with Gasteiger partial charge >= 0.3 is 6.01 Å². The molecule has 2 atom stereocenters. The van der Waals surface area contributed by atoms with Crippen LogP contribution < -0.4 is 4.74 Å². The van der Waals surface area contributed by atoms with Crippen molar-refractivity contribution in [2.24, 2.45) is 0 Å². The van der Waals surface area contributed by atoms with Crippen LogP contribution in [0.15, 0.2) is 12.4 Å². The van der Waals surface area contributed by atoms with Crippen LogP contribution in [0.4, 0.5) is 0 Å². The Morgan fingerprint density at radius 1 is 1.14 bits per heavy atom. The number of methoxy groups -OCH3 is 1. The third-order valence-corrected chi connectivity index (χ3v) is 4.89. The molecule has 1 aliphatic carbocycles. The predicted molar refractivity (Wildman–Crippen MR) is 89.0 cm³/mol. The lowest BCUT2D eigenvalue weighted by Crippen LogP contribution is -2.52. The molecular weight excluding hydrogens is 276 g/mol. The van der Waals surface area contributed by atoms with Crippen molar-refractivity contribution < 1.29 is 4.74 Å². The molecular formula is C17H30N4O. The standard InChI is InChI=1S/C17H30N4O/c1-13(2)21(4)16-9-7-6-8-15(16)20(3)12-14-10-18-17(22-5)19-11-14/h10-11,13,15-16H,6-9,12H2,1-5H3. The van der Waals surface area contributed by atoms with Crippen LogP contribution in [0, 0.1) is 0 Å². The highest BCUT2D eigenvalue weighted by Crippen LogP contribution is 2.27. The van der Waals surface area contributed by atoms with E-state index in [1.54, 1.807) is 7.11 Å². The number of rotatable bonds is 6. The molecule has 1 heterocycles. The lowest BCUT2D eigenvalue weighted by atomic mass is 9.87. The Morgan fingerprint density at radius 3 is 2.27 bits per heavy atom. The van der Waals surface area contributed by atoms with E-state index >= 15 is 0 Å². The molecule has 22 heavy (non-hydrogen) atoms. The summed E-state index contributed by atoms with van der Waals surface area (Å²) in [5.74, 6) is 0. The molecule has 0 saturated heterocycles. The summed E-state index contributed by atoms with van der Waals surface area (Å²) in [6.07, 6.45) is 8.98. The van der Waals surface area contributed by atoms with Gasteiger partial charge in [0.25, 0.3) is 0 Å². The summed E-state index contributed by atoms with van der Waals surface area (Å²) in [5.41, 5.74) is 1.14. The molecule has 0 radical (unpaired) electrons. The normalized spacial score (nSPS) is 22.5. The third-order valence-electron chi connectivity index (χ3n) is 4.89. The number of hydrogen-bond donors (Lipinski definition) is 0. The Bertz CT molecular complexity index is 448. The van der Waals surface area contributed by atoms with Crippen LogP contribution in [-0.4, -0.2) is 59.1 Å². The van der Waals surface area contributed by atoms with Gasteiger partial charge in [0.2, 0.25) is 0 Å². The van der Waals surface area contributed by atoms with Gasteiger partial charge in [0.05, 0.1) is 7.11 Å². The predicted octanol–water partition coefficient (Wildman–Crippen LogP) is 2.57. The van der Waals surface area contributed by atoms with Crippen LogP contribution in [0.5, 0.6) is 6.01 Å². The minimum absolute atomic E-state index is 0.432. The molecule has 1 fully saturated rings. The molecule has 2 unspecified atom stereocenters. The van der Waals surface area contributed by atoms with Crippen molar-refractivity contribution >= 4 is 0 Å². The van der Waals surface area contributed by atoms with Gasteiger partial charge in [-0.25, -0.2) is 9.97 Å². The van der Waals surface area contributed by atoms with Gasteiger partial charge in [-0.15, -0.1) is 0 Å². The molecule has 1 aromatic rings. The molecule has 1 aliphatic rings. The van der Waals surface area contributed by atoms with E-state index in [1.807, 2.05) is 12.4 Å². The second-order valence-corrected chi connectivity index (χ2v) is 6.67. The lowest BCUT2D eigenvalue weighted by molar-refractivity contribution is 0.0568. The van der Waals surface area contributed by atoms with Gasteiger partial charge in [0.1, 0.15) is 0 Å². The Kier molecular flexibility index (Phi) is 6.15. The van der Waals surface area contributed by atoms with E-state index in [1.165, 1.54) is 25.7 Å². The first-order chi connectivity index (χ1) is 10.5. The molecule has 5 nitrogen and oxygen atoms in total. The summed E-state index contributed by atoms with van der Waals surface area (Å²) in [4.78, 5) is 13.4. The Balaban J connectivity index is 2.03. The van der Waals surface area contributed by atoms with Gasteiger partial charge in [-0.05, 0) is 40.8 Å². The first-order valence-corrected chi connectivity index (χ1v) is 8.30. The fourth-order valence-corrected chi connectivity index (χ4v) is 3.40. The van der Waals surface area contributed by atoms with E-state index in [4.69, 9.17) is 4.74 Å². The zero-order chi connectivity index (χ0) is 16.1. The molecule has 0 aromatic carbocycles. The van der Waals surface area contributed by atoms with E-state index in [2.05, 4.69) is 47.7 Å². The molecule has 0 N–H and O–H groups in total. The van der Waals surface area contributed by atoms with Crippen LogP contribution in [0.3, 0.4) is 0 Å². The Hall–Kier alpha value is -1.20.